The fourth-order valence-electron chi connectivity index (χ4n) is 2.85. The molecule has 1 aromatic heterocycles. The van der Waals surface area contributed by atoms with Crippen molar-refractivity contribution in [1.82, 2.24) is 4.98 Å². The largest absolute Gasteiger partial charge is 0.464 e. The minimum Gasteiger partial charge on any atom is -0.464 e. The van der Waals surface area contributed by atoms with Crippen LogP contribution in [0.4, 0.5) is 5.13 Å². The highest BCUT2D eigenvalue weighted by molar-refractivity contribution is 7.15. The third-order valence-corrected chi connectivity index (χ3v) is 5.65. The van der Waals surface area contributed by atoms with Crippen LogP contribution in [0.5, 0.6) is 5.75 Å². The second-order valence-electron chi connectivity index (χ2n) is 6.34. The van der Waals surface area contributed by atoms with E-state index in [1.54, 1.807) is 6.08 Å². The summed E-state index contributed by atoms with van der Waals surface area (Å²) in [5, 5.41) is 4.20. The van der Waals surface area contributed by atoms with Crippen molar-refractivity contribution in [1.29, 1.82) is 0 Å². The first kappa shape index (κ1) is 18.5. The van der Waals surface area contributed by atoms with Crippen LogP contribution in [-0.4, -0.2) is 10.9 Å². The van der Waals surface area contributed by atoms with Gasteiger partial charge in [-0.3, -0.25) is 10.1 Å². The number of nitrogens with one attached hydrogen (secondary N) is 1. The Morgan fingerprint density at radius 2 is 1.96 bits per heavy atom. The Balaban J connectivity index is 1.51. The molecule has 1 aliphatic heterocycles. The van der Waals surface area contributed by atoms with Crippen LogP contribution in [0.2, 0.25) is 5.02 Å². The number of aryl methyl sites for hydroxylation is 1. The maximum absolute atomic E-state index is 12.7. The van der Waals surface area contributed by atoms with Crippen LogP contribution in [-0.2, 0) is 11.2 Å². The highest BCUT2D eigenvalue weighted by atomic mass is 35.5. The molecule has 0 aliphatic carbocycles. The number of carbonyl (C=O) groups is 1. The molecule has 4 nitrogen and oxygen atoms in total. The van der Waals surface area contributed by atoms with E-state index in [9.17, 15) is 4.79 Å². The lowest BCUT2D eigenvalue weighted by Gasteiger charge is -2.03. The summed E-state index contributed by atoms with van der Waals surface area (Å²) in [6.45, 7) is 1.95. The summed E-state index contributed by atoms with van der Waals surface area (Å²) in [6, 6.07) is 15.3. The van der Waals surface area contributed by atoms with Gasteiger partial charge in [0.2, 0.25) is 0 Å². The molecule has 0 fully saturated rings. The van der Waals surface area contributed by atoms with Crippen molar-refractivity contribution in [3.05, 3.63) is 93.2 Å². The average molecular weight is 409 g/mol. The standard InChI is InChI=1S/C22H17ClN2O2S/c1-14-20(12-15-6-8-18(23)9-7-15)28-22(24-14)25-21(26)17-10-11-27-19-5-3-2-4-16(19)13-17/h2-11,13H,12H2,1H3,(H,24,25,26). The first-order valence-corrected chi connectivity index (χ1v) is 9.94. The van der Waals surface area contributed by atoms with E-state index >= 15 is 0 Å². The summed E-state index contributed by atoms with van der Waals surface area (Å²) in [5.41, 5.74) is 3.43. The normalized spacial score (nSPS) is 12.6. The number of benzene rings is 2. The number of fused-ring (bicyclic) bond motifs is 1. The van der Waals surface area contributed by atoms with Gasteiger partial charge in [0.05, 0.1) is 12.0 Å². The Bertz CT molecular complexity index is 1080. The number of hydrogen-bond acceptors (Lipinski definition) is 4. The topological polar surface area (TPSA) is 51.2 Å². The Morgan fingerprint density at radius 1 is 1.18 bits per heavy atom. The van der Waals surface area contributed by atoms with Crippen molar-refractivity contribution in [3.8, 4) is 5.75 Å². The molecule has 2 heterocycles. The lowest BCUT2D eigenvalue weighted by molar-refractivity contribution is -0.112. The number of nitrogens with zero attached hydrogens (tertiary/aromatic N) is 1. The molecular weight excluding hydrogens is 392 g/mol. The molecule has 0 spiro atoms. The van der Waals surface area contributed by atoms with Crippen LogP contribution in [0.1, 0.15) is 21.7 Å². The lowest BCUT2D eigenvalue weighted by atomic mass is 10.1. The summed E-state index contributed by atoms with van der Waals surface area (Å²) >= 11 is 7.43. The summed E-state index contributed by atoms with van der Waals surface area (Å²) in [6.07, 6.45) is 5.74. The molecule has 28 heavy (non-hydrogen) atoms. The van der Waals surface area contributed by atoms with Gasteiger partial charge in [-0.2, -0.15) is 0 Å². The Hall–Kier alpha value is -2.89. The van der Waals surface area contributed by atoms with Gasteiger partial charge in [0, 0.05) is 27.5 Å². The number of amides is 1. The molecule has 1 N–H and O–H groups in total. The molecule has 4 rings (SSSR count). The second kappa shape index (κ2) is 8.00. The van der Waals surface area contributed by atoms with Gasteiger partial charge in [-0.15, -0.1) is 11.3 Å². The van der Waals surface area contributed by atoms with Crippen molar-refractivity contribution in [2.75, 3.05) is 5.32 Å². The zero-order valence-corrected chi connectivity index (χ0v) is 16.7. The van der Waals surface area contributed by atoms with Crippen molar-refractivity contribution in [2.45, 2.75) is 13.3 Å². The van der Waals surface area contributed by atoms with E-state index in [2.05, 4.69) is 10.3 Å². The third-order valence-electron chi connectivity index (χ3n) is 4.33. The molecule has 0 atom stereocenters. The van der Waals surface area contributed by atoms with E-state index in [1.165, 1.54) is 17.6 Å². The Morgan fingerprint density at radius 3 is 2.79 bits per heavy atom. The number of ether oxygens (including phenoxy) is 1. The van der Waals surface area contributed by atoms with Gasteiger partial charge in [-0.25, -0.2) is 4.98 Å². The maximum Gasteiger partial charge on any atom is 0.257 e. The molecule has 0 unspecified atom stereocenters. The number of aromatic nitrogens is 1. The third kappa shape index (κ3) is 4.16. The number of thiazole rings is 1. The van der Waals surface area contributed by atoms with Crippen LogP contribution in [0.25, 0.3) is 6.08 Å². The van der Waals surface area contributed by atoms with Crippen molar-refractivity contribution in [3.63, 3.8) is 0 Å². The number of halogens is 1. The fraction of sp³-hybridized carbons (Fsp3) is 0.0909. The molecule has 6 heteroatoms. The number of carbonyl (C=O) groups excluding carboxylic acids is 1. The van der Waals surface area contributed by atoms with Crippen LogP contribution >= 0.6 is 22.9 Å². The Labute approximate surface area is 172 Å². The minimum atomic E-state index is -0.219. The number of rotatable bonds is 4. The molecule has 140 valence electrons. The summed E-state index contributed by atoms with van der Waals surface area (Å²) in [4.78, 5) is 18.3. The van der Waals surface area contributed by atoms with Crippen LogP contribution < -0.4 is 10.1 Å². The summed E-state index contributed by atoms with van der Waals surface area (Å²) in [5.74, 6) is 0.500. The number of anilines is 1. The van der Waals surface area contributed by atoms with Gasteiger partial charge in [-0.05, 0) is 42.8 Å². The fourth-order valence-corrected chi connectivity index (χ4v) is 3.96. The zero-order valence-electron chi connectivity index (χ0n) is 15.1. The number of para-hydroxylation sites is 1. The van der Waals surface area contributed by atoms with Gasteiger partial charge in [0.25, 0.3) is 5.91 Å². The second-order valence-corrected chi connectivity index (χ2v) is 7.86. The molecule has 0 saturated heterocycles. The lowest BCUT2D eigenvalue weighted by Crippen LogP contribution is -2.12. The average Bonchev–Trinajstić information content (AvgIpc) is 2.90. The van der Waals surface area contributed by atoms with E-state index in [1.807, 2.05) is 61.5 Å². The summed E-state index contributed by atoms with van der Waals surface area (Å²) in [7, 11) is 0. The van der Waals surface area contributed by atoms with Gasteiger partial charge in [0.15, 0.2) is 5.13 Å². The molecule has 3 aromatic rings. The predicted octanol–water partition coefficient (Wildman–Crippen LogP) is 5.62. The molecule has 1 amide bonds. The smallest absolute Gasteiger partial charge is 0.257 e. The molecule has 0 saturated carbocycles. The molecule has 2 aromatic carbocycles. The predicted molar refractivity (Wildman–Crippen MR) is 114 cm³/mol. The monoisotopic (exact) mass is 408 g/mol. The Kier molecular flexibility index (Phi) is 5.28. The first-order chi connectivity index (χ1) is 13.6. The quantitative estimate of drug-likeness (QED) is 0.609. The highest BCUT2D eigenvalue weighted by Gasteiger charge is 2.15. The van der Waals surface area contributed by atoms with Gasteiger partial charge in [-0.1, -0.05) is 41.9 Å². The molecule has 1 aliphatic rings. The highest BCUT2D eigenvalue weighted by Crippen LogP contribution is 2.28. The van der Waals surface area contributed by atoms with E-state index in [-0.39, 0.29) is 5.91 Å². The van der Waals surface area contributed by atoms with Crippen molar-refractivity contribution < 1.29 is 9.53 Å². The SMILES string of the molecule is Cc1nc(NC(=O)C2=Cc3ccccc3OC=C2)sc1Cc1ccc(Cl)cc1. The van der Waals surface area contributed by atoms with Crippen molar-refractivity contribution in [2.24, 2.45) is 0 Å². The van der Waals surface area contributed by atoms with E-state index in [0.717, 1.165) is 33.9 Å². The van der Waals surface area contributed by atoms with E-state index in [0.29, 0.717) is 15.7 Å². The van der Waals surface area contributed by atoms with Crippen LogP contribution in [0.15, 0.2) is 66.4 Å². The minimum absolute atomic E-state index is 0.219. The van der Waals surface area contributed by atoms with Gasteiger partial charge in [0.1, 0.15) is 5.75 Å². The number of hydrogen-bond donors (Lipinski definition) is 1. The molecular formula is C22H17ClN2O2S. The zero-order chi connectivity index (χ0) is 19.5. The van der Waals surface area contributed by atoms with E-state index < -0.39 is 0 Å². The van der Waals surface area contributed by atoms with Gasteiger partial charge >= 0.3 is 0 Å². The van der Waals surface area contributed by atoms with E-state index in [4.69, 9.17) is 16.3 Å². The van der Waals surface area contributed by atoms with Crippen LogP contribution in [0.3, 0.4) is 0 Å². The molecule has 0 radical (unpaired) electrons. The molecule has 0 bridgehead atoms. The van der Waals surface area contributed by atoms with Crippen LogP contribution in [0, 0.1) is 6.92 Å². The van der Waals surface area contributed by atoms with Gasteiger partial charge < -0.3 is 4.74 Å². The first-order valence-electron chi connectivity index (χ1n) is 8.74. The summed E-state index contributed by atoms with van der Waals surface area (Å²) < 4.78 is 5.54. The maximum atomic E-state index is 12.7. The van der Waals surface area contributed by atoms with Crippen molar-refractivity contribution >= 4 is 40.1 Å².